The van der Waals surface area contributed by atoms with Crippen molar-refractivity contribution in [2.45, 2.75) is 189 Å². The number of amides is 5. The third-order valence-corrected chi connectivity index (χ3v) is 28.0. The summed E-state index contributed by atoms with van der Waals surface area (Å²) in [5.41, 5.74) is 0.198. The number of hydrogen-bond donors (Lipinski definition) is 5. The first-order valence-electron chi connectivity index (χ1n) is 37.1. The maximum absolute atomic E-state index is 14.6. The molecule has 3 saturated carbocycles. The Labute approximate surface area is 632 Å². The average molecular weight is 1560 g/mol. The predicted octanol–water partition coefficient (Wildman–Crippen LogP) is 12.0. The minimum absolute atomic E-state index is 0.0160. The summed E-state index contributed by atoms with van der Waals surface area (Å²) in [6.45, 7) is 20.2. The number of aromatic nitrogens is 1. The van der Waals surface area contributed by atoms with Crippen molar-refractivity contribution in [3.05, 3.63) is 131 Å². The quantitative estimate of drug-likeness (QED) is 0.0129. The van der Waals surface area contributed by atoms with Gasteiger partial charge in [-0.2, -0.15) is 13.2 Å². The molecule has 107 heavy (non-hydrogen) atoms. The normalized spacial score (nSPS) is 23.1. The maximum Gasteiger partial charge on any atom is 0.501 e. The molecule has 0 unspecified atom stereocenters. The summed E-state index contributed by atoms with van der Waals surface area (Å²) < 4.78 is 128. The van der Waals surface area contributed by atoms with Crippen LogP contribution in [0.25, 0.3) is 10.4 Å². The third kappa shape index (κ3) is 17.8. The highest BCUT2D eigenvalue weighted by molar-refractivity contribution is 7.99. The number of unbranched alkanes of at least 4 members (excludes halogenated alkanes) is 2. The lowest BCUT2D eigenvalue weighted by Gasteiger charge is -2.72. The Bertz CT molecular complexity index is 4340. The highest BCUT2D eigenvalue weighted by atomic mass is 32.2. The van der Waals surface area contributed by atoms with Crippen molar-refractivity contribution in [1.29, 1.82) is 0 Å². The van der Waals surface area contributed by atoms with Gasteiger partial charge in [0.2, 0.25) is 30.1 Å². The number of alkyl halides is 5. The van der Waals surface area contributed by atoms with Crippen molar-refractivity contribution < 1.29 is 67.9 Å². The number of anilines is 2. The highest BCUT2D eigenvalue weighted by Crippen LogP contribution is 2.79. The summed E-state index contributed by atoms with van der Waals surface area (Å²) in [5, 5.41) is 19.7. The van der Waals surface area contributed by atoms with E-state index in [2.05, 4.69) is 49.5 Å². The lowest BCUT2D eigenvalue weighted by molar-refractivity contribution is -0.250. The van der Waals surface area contributed by atoms with Gasteiger partial charge in [-0.25, -0.2) is 35.3 Å². The number of β-amino-alcohol motifs (C(OH)–C–C–N with tert-alkyl or cyclic N) is 1. The van der Waals surface area contributed by atoms with Crippen LogP contribution < -0.4 is 25.6 Å². The number of halogens is 5. The van der Waals surface area contributed by atoms with E-state index in [1.807, 2.05) is 93.9 Å². The molecule has 13 rings (SSSR count). The van der Waals surface area contributed by atoms with Gasteiger partial charge in [-0.1, -0.05) is 94.7 Å². The second-order valence-corrected chi connectivity index (χ2v) is 38.4. The minimum Gasteiger partial charge on any atom is -0.391 e. The zero-order valence-corrected chi connectivity index (χ0v) is 65.1. The van der Waals surface area contributed by atoms with Crippen molar-refractivity contribution >= 4 is 83.9 Å². The zero-order chi connectivity index (χ0) is 76.8. The first kappa shape index (κ1) is 79.5. The summed E-state index contributed by atoms with van der Waals surface area (Å²) >= 11 is 2.95. The van der Waals surface area contributed by atoms with Gasteiger partial charge in [0.25, 0.3) is 25.8 Å². The number of carbonyl (C=O) groups is 5. The Morgan fingerprint density at radius 1 is 0.813 bits per heavy atom. The highest BCUT2D eigenvalue weighted by Gasteiger charge is 2.73. The molecule has 8 aliphatic rings. The maximum atomic E-state index is 14.6. The standard InChI is InChI=1S/C78H99F5N10O10S4/c1-50(52-18-20-53(21-19-52)67-51(2)84-49-105-67)85-70(98)63-36-58(94)40-93(63)71(99)68(73(3,4)5)87-65(95)16-12-9-13-17-66(96)92-47-75(48-92)45-90(46-75)31-29-56(41-104-59-14-10-8-11-15-59)86-62-27-26-60(37-64(62)106(100,101)78(81,82)83)107(102,103)88-69(97)54-22-24-57(25-23-54)91-34-32-89(33-35-91)39-55-28-30-74(6,7)38-61(55)76-42-77(43-76,44-76)72(79)80/h8,10-11,14-15,18-27,37,49-50,56,58,63,68,72,86,94H,9,12-13,16-17,28-36,38-48H2,1-7H3,(H,85,98)(H,87,95)(H,88,97)/t50-,56+,58+,63-,68+,76?,77?/m0/s1. The second-order valence-electron chi connectivity index (χ2n) is 32.9. The Morgan fingerprint density at radius 3 is 2.12 bits per heavy atom. The van der Waals surface area contributed by atoms with E-state index in [0.29, 0.717) is 96.8 Å². The van der Waals surface area contributed by atoms with E-state index in [-0.39, 0.29) is 65.2 Å². The van der Waals surface area contributed by atoms with Gasteiger partial charge < -0.3 is 40.7 Å². The van der Waals surface area contributed by atoms with Gasteiger partial charge in [0.15, 0.2) is 0 Å². The molecule has 5 heterocycles. The van der Waals surface area contributed by atoms with E-state index in [9.17, 15) is 67.9 Å². The molecule has 5 atom stereocenters. The van der Waals surface area contributed by atoms with Gasteiger partial charge in [-0.05, 0) is 154 Å². The van der Waals surface area contributed by atoms with Gasteiger partial charge in [0.1, 0.15) is 17.0 Å². The number of nitrogens with one attached hydrogen (secondary N) is 4. The first-order valence-corrected chi connectivity index (χ1v) is 41.9. The Morgan fingerprint density at radius 2 is 1.49 bits per heavy atom. The molecule has 29 heteroatoms. The number of aryl methyl sites for hydroxylation is 1. The number of sulfonamides is 1. The molecule has 7 fully saturated rings. The molecule has 1 spiro atoms. The lowest BCUT2D eigenvalue weighted by atomic mass is 9.32. The number of benzene rings is 4. The number of hydrogen-bond acceptors (Lipinski definition) is 17. The van der Waals surface area contributed by atoms with E-state index >= 15 is 0 Å². The summed E-state index contributed by atoms with van der Waals surface area (Å²) in [6.07, 6.45) is 3.81. The first-order chi connectivity index (χ1) is 50.4. The molecule has 0 radical (unpaired) electrons. The van der Waals surface area contributed by atoms with Crippen LogP contribution in [-0.4, -0.2) is 190 Å². The van der Waals surface area contributed by atoms with Gasteiger partial charge in [0.05, 0.1) is 38.8 Å². The van der Waals surface area contributed by atoms with E-state index in [0.717, 1.165) is 83.3 Å². The molecule has 20 nitrogen and oxygen atoms in total. The van der Waals surface area contributed by atoms with Crippen LogP contribution in [0, 0.1) is 34.0 Å². The van der Waals surface area contributed by atoms with Crippen LogP contribution in [0.5, 0.6) is 0 Å². The number of carbonyl (C=O) groups excluding carboxylic acids is 5. The number of likely N-dealkylation sites (tertiary alicyclic amines) is 3. The average Bonchev–Trinajstić information content (AvgIpc) is 0.880. The van der Waals surface area contributed by atoms with Gasteiger partial charge in [0, 0.05) is 130 Å². The fraction of sp³-hybridized carbons (Fsp3) is 0.564. The van der Waals surface area contributed by atoms with Crippen LogP contribution in [-0.2, 0) is 39.0 Å². The van der Waals surface area contributed by atoms with E-state index < -0.39 is 106 Å². The SMILES string of the molecule is Cc1ncsc1-c1ccc([C@H](C)NC(=O)[C@@H]2C[C@@H](O)CN2C(=O)[C@@H](NC(=O)CCCCCC(=O)N2CC3(CN(CC[C@H](CSc4ccccc4)Nc4ccc(S(=O)(=O)NC(=O)c5ccc(N6CCN(CC7=C(C89CC(C(F)F)(C8)C9)CC(C)(C)CC7)CC6)cc5)cc4S(=O)(=O)C(F)(F)F)C3)C2)C(C)(C)C)cc1. The molecule has 5 amide bonds. The second kappa shape index (κ2) is 31.4. The molecule has 4 aliphatic carbocycles. The smallest absolute Gasteiger partial charge is 0.391 e. The van der Waals surface area contributed by atoms with Crippen LogP contribution >= 0.6 is 23.1 Å². The van der Waals surface area contributed by atoms with Crippen molar-refractivity contribution in [3.8, 4) is 10.4 Å². The Balaban J connectivity index is 0.593. The Kier molecular flexibility index (Phi) is 23.3. The minimum atomic E-state index is -6.18. The lowest BCUT2D eigenvalue weighted by Crippen LogP contribution is -2.72. The van der Waals surface area contributed by atoms with E-state index in [1.54, 1.807) is 33.9 Å². The zero-order valence-electron chi connectivity index (χ0n) is 61.8. The number of sulfone groups is 1. The van der Waals surface area contributed by atoms with E-state index in [1.165, 1.54) is 39.9 Å². The fourth-order valence-electron chi connectivity index (χ4n) is 16.9. The summed E-state index contributed by atoms with van der Waals surface area (Å²) in [4.78, 5) is 82.5. The fourth-order valence-corrected chi connectivity index (χ4v) is 20.8. The van der Waals surface area contributed by atoms with Gasteiger partial charge >= 0.3 is 5.51 Å². The molecule has 1 aromatic heterocycles. The number of aliphatic hydroxyl groups excluding tert-OH is 1. The van der Waals surface area contributed by atoms with Gasteiger partial charge in [-0.15, -0.1) is 23.1 Å². The number of thiazole rings is 1. The molecule has 4 aromatic carbocycles. The van der Waals surface area contributed by atoms with Crippen molar-refractivity contribution in [2.75, 3.05) is 88.0 Å². The number of thioether (sulfide) groups is 1. The molecular formula is C78H99F5N10O10S4. The summed E-state index contributed by atoms with van der Waals surface area (Å²) in [7, 11) is -11.1. The van der Waals surface area contributed by atoms with Crippen molar-refractivity contribution in [3.63, 3.8) is 0 Å². The number of rotatable bonds is 29. The number of piperazine rings is 1. The molecule has 5 N–H and O–H groups in total. The summed E-state index contributed by atoms with van der Waals surface area (Å²) in [5.74, 6) is -2.04. The van der Waals surface area contributed by atoms with Gasteiger partial charge in [-0.3, -0.25) is 28.9 Å². The number of nitrogens with zero attached hydrogens (tertiary/aromatic N) is 6. The Hall–Kier alpha value is -7.02. The largest absolute Gasteiger partial charge is 0.501 e. The van der Waals surface area contributed by atoms with Crippen LogP contribution in [0.2, 0.25) is 0 Å². The van der Waals surface area contributed by atoms with Crippen LogP contribution in [0.3, 0.4) is 0 Å². The molecule has 4 saturated heterocycles. The van der Waals surface area contributed by atoms with Crippen molar-refractivity contribution in [2.24, 2.45) is 27.1 Å². The van der Waals surface area contributed by atoms with Crippen LogP contribution in [0.4, 0.5) is 33.3 Å². The topological polar surface area (TPSA) is 251 Å². The third-order valence-electron chi connectivity index (χ3n) is 23.0. The molecule has 2 bridgehead atoms. The van der Waals surface area contributed by atoms with Crippen molar-refractivity contribution in [1.82, 2.24) is 39.9 Å². The molecule has 5 aromatic rings. The number of aliphatic hydroxyl groups is 1. The van der Waals surface area contributed by atoms with E-state index in [4.69, 9.17) is 0 Å². The molecule has 580 valence electrons. The molecule has 4 aliphatic heterocycles. The number of allylic oxidation sites excluding steroid dienone is 1. The van der Waals surface area contributed by atoms with Crippen LogP contribution in [0.15, 0.2) is 128 Å². The molecular weight excluding hydrogens is 1460 g/mol. The monoisotopic (exact) mass is 1560 g/mol. The predicted molar refractivity (Wildman–Crippen MR) is 403 cm³/mol. The summed E-state index contributed by atoms with van der Waals surface area (Å²) in [6, 6.07) is 22.7. The van der Waals surface area contributed by atoms with Crippen LogP contribution in [0.1, 0.15) is 153 Å².